The molecule has 7 heteroatoms. The molecule has 1 unspecified atom stereocenters. The van der Waals surface area contributed by atoms with Crippen molar-refractivity contribution in [3.63, 3.8) is 0 Å². The maximum atomic E-state index is 11.9. The van der Waals surface area contributed by atoms with Gasteiger partial charge in [0.25, 0.3) is 5.91 Å². The number of nitrogens with one attached hydrogen (secondary N) is 3. The molecule has 0 bridgehead atoms. The predicted molar refractivity (Wildman–Crippen MR) is 90.9 cm³/mol. The number of hydrogen-bond donors (Lipinski definition) is 4. The first-order valence-corrected chi connectivity index (χ1v) is 7.67. The molecule has 1 aromatic carbocycles. The summed E-state index contributed by atoms with van der Waals surface area (Å²) in [6.45, 7) is 6.22. The van der Waals surface area contributed by atoms with E-state index in [1.165, 1.54) is 12.1 Å². The van der Waals surface area contributed by atoms with Gasteiger partial charge in [0, 0.05) is 31.8 Å². The zero-order valence-electron chi connectivity index (χ0n) is 13.9. The maximum absolute atomic E-state index is 11.9. The van der Waals surface area contributed by atoms with Gasteiger partial charge in [0.15, 0.2) is 5.96 Å². The molecule has 0 saturated heterocycles. The molecule has 1 amide bonds. The quantitative estimate of drug-likeness (QED) is 0.321. The third-order valence-electron chi connectivity index (χ3n) is 2.94. The Kier molecular flexibility index (Phi) is 8.52. The molecule has 0 saturated carbocycles. The fourth-order valence-electron chi connectivity index (χ4n) is 1.90. The molecular weight excluding hydrogens is 296 g/mol. The van der Waals surface area contributed by atoms with Crippen LogP contribution in [0.25, 0.3) is 0 Å². The Bertz CT molecular complexity index is 503. The molecule has 23 heavy (non-hydrogen) atoms. The molecule has 0 aromatic heterocycles. The van der Waals surface area contributed by atoms with Crippen LogP contribution in [0.2, 0.25) is 0 Å². The Morgan fingerprint density at radius 2 is 2.00 bits per heavy atom. The summed E-state index contributed by atoms with van der Waals surface area (Å²) in [5.41, 5.74) is 0.505. The van der Waals surface area contributed by atoms with E-state index in [0.29, 0.717) is 31.2 Å². The summed E-state index contributed by atoms with van der Waals surface area (Å²) in [7, 11) is 1.65. The smallest absolute Gasteiger partial charge is 0.251 e. The molecule has 1 aromatic rings. The summed E-state index contributed by atoms with van der Waals surface area (Å²) in [5.74, 6) is 0.638. The SMILES string of the molecule is CCNC(=NCCNC(=O)c1ccc(O)cc1)NC(C)COC. The monoisotopic (exact) mass is 322 g/mol. The van der Waals surface area contributed by atoms with Crippen LogP contribution in [0, 0.1) is 0 Å². The first-order valence-electron chi connectivity index (χ1n) is 7.67. The Morgan fingerprint density at radius 1 is 1.30 bits per heavy atom. The van der Waals surface area contributed by atoms with Gasteiger partial charge < -0.3 is 25.8 Å². The fourth-order valence-corrected chi connectivity index (χ4v) is 1.90. The van der Waals surface area contributed by atoms with Crippen molar-refractivity contribution in [3.8, 4) is 5.75 Å². The summed E-state index contributed by atoms with van der Waals surface area (Å²) >= 11 is 0. The van der Waals surface area contributed by atoms with Gasteiger partial charge in [-0.15, -0.1) is 0 Å². The molecular formula is C16H26N4O3. The van der Waals surface area contributed by atoms with Crippen molar-refractivity contribution in [2.45, 2.75) is 19.9 Å². The van der Waals surface area contributed by atoms with Crippen LogP contribution in [0.4, 0.5) is 0 Å². The zero-order valence-corrected chi connectivity index (χ0v) is 13.9. The lowest BCUT2D eigenvalue weighted by molar-refractivity contribution is 0.0955. The third kappa shape index (κ3) is 7.51. The van der Waals surface area contributed by atoms with Gasteiger partial charge in [0.1, 0.15) is 5.75 Å². The zero-order chi connectivity index (χ0) is 17.1. The van der Waals surface area contributed by atoms with E-state index in [2.05, 4.69) is 20.9 Å². The molecule has 0 aliphatic carbocycles. The number of aromatic hydroxyl groups is 1. The van der Waals surface area contributed by atoms with Crippen molar-refractivity contribution in [2.75, 3.05) is 33.4 Å². The molecule has 1 atom stereocenters. The highest BCUT2D eigenvalue weighted by Crippen LogP contribution is 2.09. The molecule has 7 nitrogen and oxygen atoms in total. The molecule has 0 heterocycles. The largest absolute Gasteiger partial charge is 0.508 e. The van der Waals surface area contributed by atoms with Crippen LogP contribution in [-0.4, -0.2) is 56.4 Å². The van der Waals surface area contributed by atoms with E-state index in [4.69, 9.17) is 4.74 Å². The van der Waals surface area contributed by atoms with Crippen LogP contribution < -0.4 is 16.0 Å². The number of hydrogen-bond acceptors (Lipinski definition) is 4. The third-order valence-corrected chi connectivity index (χ3v) is 2.94. The van der Waals surface area contributed by atoms with E-state index in [1.54, 1.807) is 19.2 Å². The molecule has 4 N–H and O–H groups in total. The van der Waals surface area contributed by atoms with Gasteiger partial charge in [-0.05, 0) is 38.1 Å². The minimum Gasteiger partial charge on any atom is -0.508 e. The number of phenolic OH excluding ortho intramolecular Hbond substituents is 1. The Balaban J connectivity index is 2.41. The highest BCUT2D eigenvalue weighted by Gasteiger charge is 2.06. The van der Waals surface area contributed by atoms with Gasteiger partial charge in [0.2, 0.25) is 0 Å². The second kappa shape index (κ2) is 10.4. The summed E-state index contributed by atoms with van der Waals surface area (Å²) in [4.78, 5) is 16.3. The number of ether oxygens (including phenoxy) is 1. The minimum atomic E-state index is -0.189. The lowest BCUT2D eigenvalue weighted by Crippen LogP contribution is -2.44. The van der Waals surface area contributed by atoms with Crippen LogP contribution in [0.5, 0.6) is 5.75 Å². The van der Waals surface area contributed by atoms with Crippen LogP contribution >= 0.6 is 0 Å². The Morgan fingerprint density at radius 3 is 2.61 bits per heavy atom. The minimum absolute atomic E-state index is 0.137. The van der Waals surface area contributed by atoms with Crippen LogP contribution in [0.15, 0.2) is 29.3 Å². The number of phenols is 1. The van der Waals surface area contributed by atoms with E-state index in [0.717, 1.165) is 6.54 Å². The number of carbonyl (C=O) groups excluding carboxylic acids is 1. The Labute approximate surface area is 137 Å². The first kappa shape index (κ1) is 18.8. The maximum Gasteiger partial charge on any atom is 0.251 e. The van der Waals surface area contributed by atoms with Gasteiger partial charge in [-0.1, -0.05) is 0 Å². The van der Waals surface area contributed by atoms with Gasteiger partial charge in [-0.25, -0.2) is 0 Å². The van der Waals surface area contributed by atoms with Crippen molar-refractivity contribution in [3.05, 3.63) is 29.8 Å². The van der Waals surface area contributed by atoms with E-state index >= 15 is 0 Å². The van der Waals surface area contributed by atoms with E-state index < -0.39 is 0 Å². The fraction of sp³-hybridized carbons (Fsp3) is 0.500. The highest BCUT2D eigenvalue weighted by atomic mass is 16.5. The van der Waals surface area contributed by atoms with Crippen molar-refractivity contribution in [2.24, 2.45) is 4.99 Å². The van der Waals surface area contributed by atoms with Crippen molar-refractivity contribution in [1.82, 2.24) is 16.0 Å². The molecule has 1 rings (SSSR count). The standard InChI is InChI=1S/C16H26N4O3/c1-4-17-16(20-12(2)11-23-3)19-10-9-18-15(22)13-5-7-14(21)8-6-13/h5-8,12,21H,4,9-11H2,1-3H3,(H,18,22)(H2,17,19,20). The van der Waals surface area contributed by atoms with Gasteiger partial charge in [0.05, 0.1) is 13.2 Å². The lowest BCUT2D eigenvalue weighted by atomic mass is 10.2. The van der Waals surface area contributed by atoms with Crippen molar-refractivity contribution < 1.29 is 14.6 Å². The highest BCUT2D eigenvalue weighted by molar-refractivity contribution is 5.94. The Hall–Kier alpha value is -2.28. The summed E-state index contributed by atoms with van der Waals surface area (Å²) in [5, 5.41) is 18.3. The molecule has 128 valence electrons. The van der Waals surface area contributed by atoms with Gasteiger partial charge >= 0.3 is 0 Å². The average molecular weight is 322 g/mol. The van der Waals surface area contributed by atoms with Crippen molar-refractivity contribution in [1.29, 1.82) is 0 Å². The first-order chi connectivity index (χ1) is 11.1. The summed E-state index contributed by atoms with van der Waals surface area (Å²) in [6, 6.07) is 6.26. The number of aliphatic imine (C=N–C) groups is 1. The predicted octanol–water partition coefficient (Wildman–Crippen LogP) is 0.712. The van der Waals surface area contributed by atoms with Crippen molar-refractivity contribution >= 4 is 11.9 Å². The van der Waals surface area contributed by atoms with E-state index in [-0.39, 0.29) is 17.7 Å². The number of amides is 1. The van der Waals surface area contributed by atoms with E-state index in [9.17, 15) is 9.90 Å². The summed E-state index contributed by atoms with van der Waals surface area (Å²) < 4.78 is 5.08. The number of nitrogens with zero attached hydrogens (tertiary/aromatic N) is 1. The topological polar surface area (TPSA) is 95.0 Å². The molecule has 0 radical (unpaired) electrons. The second-order valence-electron chi connectivity index (χ2n) is 5.06. The molecule has 0 aliphatic heterocycles. The summed E-state index contributed by atoms with van der Waals surface area (Å²) in [6.07, 6.45) is 0. The second-order valence-corrected chi connectivity index (χ2v) is 5.06. The van der Waals surface area contributed by atoms with Gasteiger partial charge in [-0.2, -0.15) is 0 Å². The number of rotatable bonds is 8. The van der Waals surface area contributed by atoms with Gasteiger partial charge in [-0.3, -0.25) is 9.79 Å². The lowest BCUT2D eigenvalue weighted by Gasteiger charge is -2.17. The normalized spacial score (nSPS) is 12.6. The number of benzene rings is 1. The van der Waals surface area contributed by atoms with Crippen LogP contribution in [0.1, 0.15) is 24.2 Å². The van der Waals surface area contributed by atoms with Crippen LogP contribution in [0.3, 0.4) is 0 Å². The average Bonchev–Trinajstić information content (AvgIpc) is 2.52. The van der Waals surface area contributed by atoms with E-state index in [1.807, 2.05) is 13.8 Å². The number of methoxy groups -OCH3 is 1. The number of guanidine groups is 1. The molecule has 0 spiro atoms. The number of carbonyl (C=O) groups is 1. The van der Waals surface area contributed by atoms with Crippen LogP contribution in [-0.2, 0) is 4.74 Å². The molecule has 0 aliphatic rings. The molecule has 0 fully saturated rings.